The predicted molar refractivity (Wildman–Crippen MR) is 103 cm³/mol. The van der Waals surface area contributed by atoms with Crippen LogP contribution in [-0.2, 0) is 9.59 Å². The molecule has 0 aliphatic rings. The zero-order valence-electron chi connectivity index (χ0n) is 15.2. The van der Waals surface area contributed by atoms with Gasteiger partial charge in [-0.3, -0.25) is 0 Å². The Morgan fingerprint density at radius 1 is 0.750 bits per heavy atom. The first-order valence-electron chi connectivity index (χ1n) is 7.82. The van der Waals surface area contributed by atoms with Crippen LogP contribution in [0.25, 0.3) is 12.2 Å². The van der Waals surface area contributed by atoms with Gasteiger partial charge >= 0.3 is 11.9 Å². The van der Waals surface area contributed by atoms with Crippen molar-refractivity contribution < 1.29 is 39.5 Å². The average Bonchev–Trinajstić information content (AvgIpc) is 2.65. The van der Waals surface area contributed by atoms with Crippen LogP contribution in [0.3, 0.4) is 0 Å². The van der Waals surface area contributed by atoms with Crippen LogP contribution in [-0.4, -0.2) is 46.6 Å². The van der Waals surface area contributed by atoms with E-state index in [0.717, 1.165) is 12.2 Å². The molecule has 0 saturated carbocycles. The standard InChI is InChI=1S/2C10H10O4/c2*1-14-9-4-2-7(6-8(9)11)3-5-10(12)13/h2*2-6,11H,1H3,(H,12,13)/b2*5-3+. The number of carboxylic acid groups (broad SMARTS) is 2. The number of phenols is 2. The van der Waals surface area contributed by atoms with Gasteiger partial charge in [0, 0.05) is 12.2 Å². The molecule has 0 bridgehead atoms. The molecule has 0 amide bonds. The molecule has 8 nitrogen and oxygen atoms in total. The topological polar surface area (TPSA) is 134 Å². The second kappa shape index (κ2) is 10.9. The van der Waals surface area contributed by atoms with Crippen molar-refractivity contribution in [3.63, 3.8) is 0 Å². The molecule has 148 valence electrons. The molecule has 0 aromatic heterocycles. The number of carbonyl (C=O) groups is 2. The van der Waals surface area contributed by atoms with E-state index in [1.165, 1.54) is 38.5 Å². The molecule has 0 atom stereocenters. The van der Waals surface area contributed by atoms with Crippen LogP contribution in [0.1, 0.15) is 11.1 Å². The van der Waals surface area contributed by atoms with Crippen LogP contribution in [0.2, 0.25) is 0 Å². The number of phenolic OH excluding ortho intramolecular Hbond substituents is 2. The summed E-state index contributed by atoms with van der Waals surface area (Å²) in [5, 5.41) is 35.4. The number of methoxy groups -OCH3 is 2. The van der Waals surface area contributed by atoms with Crippen LogP contribution in [0.5, 0.6) is 23.0 Å². The summed E-state index contributed by atoms with van der Waals surface area (Å²) in [6.45, 7) is 0. The lowest BCUT2D eigenvalue weighted by molar-refractivity contribution is -0.132. The molecule has 0 fully saturated rings. The van der Waals surface area contributed by atoms with Gasteiger partial charge in [0.05, 0.1) is 14.2 Å². The van der Waals surface area contributed by atoms with Gasteiger partial charge in [0.25, 0.3) is 0 Å². The van der Waals surface area contributed by atoms with E-state index < -0.39 is 11.9 Å². The Labute approximate surface area is 161 Å². The maximum atomic E-state index is 10.2. The highest BCUT2D eigenvalue weighted by molar-refractivity contribution is 5.85. The molecule has 2 aromatic carbocycles. The van der Waals surface area contributed by atoms with Crippen molar-refractivity contribution in [3.8, 4) is 23.0 Å². The maximum absolute atomic E-state index is 10.2. The molecule has 0 saturated heterocycles. The zero-order valence-corrected chi connectivity index (χ0v) is 15.2. The number of carboxylic acids is 2. The molecule has 8 heteroatoms. The Bertz CT molecular complexity index is 810. The summed E-state index contributed by atoms with van der Waals surface area (Å²) in [4.78, 5) is 20.4. The predicted octanol–water partition coefficient (Wildman–Crippen LogP) is 3.00. The Morgan fingerprint density at radius 2 is 1.11 bits per heavy atom. The van der Waals surface area contributed by atoms with Gasteiger partial charge in [-0.2, -0.15) is 0 Å². The van der Waals surface area contributed by atoms with Gasteiger partial charge in [-0.05, 0) is 47.5 Å². The molecule has 2 aromatic rings. The number of hydrogen-bond donors (Lipinski definition) is 4. The molecule has 2 rings (SSSR count). The monoisotopic (exact) mass is 388 g/mol. The summed E-state index contributed by atoms with van der Waals surface area (Å²) in [5.74, 6) is -1.37. The largest absolute Gasteiger partial charge is 0.504 e. The van der Waals surface area contributed by atoms with Gasteiger partial charge in [0.15, 0.2) is 23.0 Å². The van der Waals surface area contributed by atoms with Gasteiger partial charge in [-0.25, -0.2) is 9.59 Å². The number of rotatable bonds is 6. The minimum absolute atomic E-state index is 0.0139. The minimum atomic E-state index is -1.03. The fraction of sp³-hybridized carbons (Fsp3) is 0.100. The molecule has 0 aliphatic carbocycles. The van der Waals surface area contributed by atoms with Crippen LogP contribution in [0.15, 0.2) is 48.6 Å². The van der Waals surface area contributed by atoms with E-state index in [2.05, 4.69) is 0 Å². The highest BCUT2D eigenvalue weighted by atomic mass is 16.5. The Hall–Kier alpha value is -3.94. The molecule has 0 aliphatic heterocycles. The lowest BCUT2D eigenvalue weighted by atomic mass is 10.2. The summed E-state index contributed by atoms with van der Waals surface area (Å²) in [5.41, 5.74) is 1.21. The molecule has 0 spiro atoms. The third-order valence-corrected chi connectivity index (χ3v) is 3.24. The number of aliphatic carboxylic acids is 2. The van der Waals surface area contributed by atoms with Crippen LogP contribution in [0, 0.1) is 0 Å². The fourth-order valence-corrected chi connectivity index (χ4v) is 1.96. The van der Waals surface area contributed by atoms with Crippen molar-refractivity contribution >= 4 is 24.1 Å². The Balaban J connectivity index is 0.000000280. The quantitative estimate of drug-likeness (QED) is 0.555. The zero-order chi connectivity index (χ0) is 21.1. The first kappa shape index (κ1) is 22.1. The van der Waals surface area contributed by atoms with Crippen molar-refractivity contribution in [1.82, 2.24) is 0 Å². The number of hydrogen-bond acceptors (Lipinski definition) is 6. The van der Waals surface area contributed by atoms with Crippen molar-refractivity contribution in [2.75, 3.05) is 14.2 Å². The van der Waals surface area contributed by atoms with E-state index in [1.54, 1.807) is 24.3 Å². The normalized spacial score (nSPS) is 10.4. The van der Waals surface area contributed by atoms with Gasteiger partial charge in [0.1, 0.15) is 0 Å². The number of ether oxygens (including phenoxy) is 2. The fourth-order valence-electron chi connectivity index (χ4n) is 1.96. The van der Waals surface area contributed by atoms with Crippen molar-refractivity contribution in [1.29, 1.82) is 0 Å². The summed E-state index contributed by atoms with van der Waals surface area (Å²) >= 11 is 0. The Morgan fingerprint density at radius 3 is 1.36 bits per heavy atom. The van der Waals surface area contributed by atoms with Gasteiger partial charge < -0.3 is 29.9 Å². The second-order valence-electron chi connectivity index (χ2n) is 5.21. The van der Waals surface area contributed by atoms with E-state index in [1.807, 2.05) is 0 Å². The molecule has 0 heterocycles. The lowest BCUT2D eigenvalue weighted by Crippen LogP contribution is -1.86. The van der Waals surface area contributed by atoms with Crippen molar-refractivity contribution in [3.05, 3.63) is 59.7 Å². The molecule has 28 heavy (non-hydrogen) atoms. The Kier molecular flexibility index (Phi) is 8.62. The summed E-state index contributed by atoms with van der Waals surface area (Å²) in [6, 6.07) is 9.29. The second-order valence-corrected chi connectivity index (χ2v) is 5.21. The SMILES string of the molecule is COc1ccc(/C=C/C(=O)O)cc1O.COc1ccc(/C=C/C(=O)O)cc1O. The minimum Gasteiger partial charge on any atom is -0.504 e. The molecule has 0 unspecified atom stereocenters. The van der Waals surface area contributed by atoms with E-state index in [9.17, 15) is 19.8 Å². The molecule has 4 N–H and O–H groups in total. The highest BCUT2D eigenvalue weighted by Crippen LogP contribution is 2.27. The smallest absolute Gasteiger partial charge is 0.328 e. The lowest BCUT2D eigenvalue weighted by Gasteiger charge is -2.02. The summed E-state index contributed by atoms with van der Waals surface area (Å²) in [6.07, 6.45) is 4.78. The first-order valence-corrected chi connectivity index (χ1v) is 7.82. The van der Waals surface area contributed by atoms with Gasteiger partial charge in [-0.15, -0.1) is 0 Å². The van der Waals surface area contributed by atoms with E-state index in [4.69, 9.17) is 19.7 Å². The summed E-state index contributed by atoms with van der Waals surface area (Å²) in [7, 11) is 2.89. The van der Waals surface area contributed by atoms with Crippen LogP contribution >= 0.6 is 0 Å². The van der Waals surface area contributed by atoms with E-state index >= 15 is 0 Å². The van der Waals surface area contributed by atoms with Crippen molar-refractivity contribution in [2.45, 2.75) is 0 Å². The maximum Gasteiger partial charge on any atom is 0.328 e. The van der Waals surface area contributed by atoms with Crippen LogP contribution < -0.4 is 9.47 Å². The molecule has 0 radical (unpaired) electrons. The number of aromatic hydroxyl groups is 2. The molecular weight excluding hydrogens is 368 g/mol. The number of benzene rings is 2. The van der Waals surface area contributed by atoms with Gasteiger partial charge in [-0.1, -0.05) is 12.1 Å². The average molecular weight is 388 g/mol. The molecular formula is C20H20O8. The third kappa shape index (κ3) is 7.52. The van der Waals surface area contributed by atoms with Gasteiger partial charge in [0.2, 0.25) is 0 Å². The summed E-state index contributed by atoms with van der Waals surface area (Å²) < 4.78 is 9.67. The van der Waals surface area contributed by atoms with E-state index in [-0.39, 0.29) is 11.5 Å². The van der Waals surface area contributed by atoms with Crippen molar-refractivity contribution in [2.24, 2.45) is 0 Å². The highest BCUT2D eigenvalue weighted by Gasteiger charge is 2.01. The van der Waals surface area contributed by atoms with Crippen LogP contribution in [0.4, 0.5) is 0 Å². The van der Waals surface area contributed by atoms with E-state index in [0.29, 0.717) is 22.6 Å². The first-order chi connectivity index (χ1) is 13.3. The third-order valence-electron chi connectivity index (χ3n) is 3.24.